The molecule has 0 saturated carbocycles. The van der Waals surface area contributed by atoms with E-state index in [0.29, 0.717) is 18.1 Å². The molecule has 1 N–H and O–H groups in total. The highest BCUT2D eigenvalue weighted by Gasteiger charge is 2.13. The summed E-state index contributed by atoms with van der Waals surface area (Å²) in [5, 5.41) is 12.0. The molecule has 0 fully saturated rings. The molecule has 1 amide bonds. The molecule has 0 aliphatic carbocycles. The van der Waals surface area contributed by atoms with Gasteiger partial charge in [0, 0.05) is 25.5 Å². The average Bonchev–Trinajstić information content (AvgIpc) is 3.01. The molecule has 1 unspecified atom stereocenters. The van der Waals surface area contributed by atoms with Gasteiger partial charge in [0.25, 0.3) is 0 Å². The third-order valence-electron chi connectivity index (χ3n) is 3.26. The van der Waals surface area contributed by atoms with Gasteiger partial charge >= 0.3 is 0 Å². The number of nitrogens with zero attached hydrogens (tertiary/aromatic N) is 4. The van der Waals surface area contributed by atoms with Crippen LogP contribution in [0.5, 0.6) is 0 Å². The SMILES string of the molecule is Cc1nn(CCCNC(=O)C(C)Cn2cc(Br)cn2)cc1Cl. The number of hydrogen-bond donors (Lipinski definition) is 1. The Morgan fingerprint density at radius 1 is 1.45 bits per heavy atom. The van der Waals surface area contributed by atoms with E-state index >= 15 is 0 Å². The van der Waals surface area contributed by atoms with Gasteiger partial charge in [0.2, 0.25) is 5.91 Å². The van der Waals surface area contributed by atoms with Gasteiger partial charge in [-0.15, -0.1) is 0 Å². The lowest BCUT2D eigenvalue weighted by atomic mass is 10.1. The van der Waals surface area contributed by atoms with Crippen LogP contribution in [0.15, 0.2) is 23.1 Å². The largest absolute Gasteiger partial charge is 0.356 e. The first-order valence-corrected chi connectivity index (χ1v) is 8.28. The van der Waals surface area contributed by atoms with Crippen molar-refractivity contribution in [3.63, 3.8) is 0 Å². The van der Waals surface area contributed by atoms with Crippen LogP contribution >= 0.6 is 27.5 Å². The molecule has 6 nitrogen and oxygen atoms in total. The summed E-state index contributed by atoms with van der Waals surface area (Å²) >= 11 is 9.29. The van der Waals surface area contributed by atoms with Crippen LogP contribution in [-0.4, -0.2) is 32.0 Å². The normalized spacial score (nSPS) is 12.4. The maximum absolute atomic E-state index is 12.0. The number of aromatic nitrogens is 4. The van der Waals surface area contributed by atoms with Crippen molar-refractivity contribution in [3.05, 3.63) is 33.8 Å². The van der Waals surface area contributed by atoms with Gasteiger partial charge in [-0.1, -0.05) is 18.5 Å². The molecule has 22 heavy (non-hydrogen) atoms. The first-order valence-electron chi connectivity index (χ1n) is 7.11. The first kappa shape index (κ1) is 17.0. The van der Waals surface area contributed by atoms with E-state index in [1.54, 1.807) is 21.8 Å². The second-order valence-corrected chi connectivity index (χ2v) is 6.57. The van der Waals surface area contributed by atoms with Crippen molar-refractivity contribution in [1.82, 2.24) is 24.9 Å². The summed E-state index contributed by atoms with van der Waals surface area (Å²) in [4.78, 5) is 12.0. The smallest absolute Gasteiger partial charge is 0.224 e. The van der Waals surface area contributed by atoms with Crippen LogP contribution in [0, 0.1) is 12.8 Å². The van der Waals surface area contributed by atoms with Crippen LogP contribution in [0.25, 0.3) is 0 Å². The zero-order chi connectivity index (χ0) is 16.1. The summed E-state index contributed by atoms with van der Waals surface area (Å²) in [6.07, 6.45) is 6.18. The lowest BCUT2D eigenvalue weighted by molar-refractivity contribution is -0.124. The maximum Gasteiger partial charge on any atom is 0.224 e. The van der Waals surface area contributed by atoms with E-state index in [0.717, 1.165) is 23.1 Å². The van der Waals surface area contributed by atoms with Gasteiger partial charge in [-0.3, -0.25) is 14.2 Å². The molecule has 2 rings (SSSR count). The molecule has 0 spiro atoms. The van der Waals surface area contributed by atoms with Gasteiger partial charge in [0.05, 0.1) is 33.8 Å². The minimum Gasteiger partial charge on any atom is -0.356 e. The number of carbonyl (C=O) groups excluding carboxylic acids is 1. The predicted octanol–water partition coefficient (Wildman–Crippen LogP) is 2.65. The predicted molar refractivity (Wildman–Crippen MR) is 88.7 cm³/mol. The Kier molecular flexibility index (Phi) is 6.02. The van der Waals surface area contributed by atoms with E-state index in [2.05, 4.69) is 31.4 Å². The quantitative estimate of drug-likeness (QED) is 0.742. The van der Waals surface area contributed by atoms with Gasteiger partial charge < -0.3 is 5.32 Å². The maximum atomic E-state index is 12.0. The molecule has 0 aliphatic heterocycles. The minimum absolute atomic E-state index is 0.0290. The molecule has 0 aromatic carbocycles. The zero-order valence-corrected chi connectivity index (χ0v) is 14.9. The van der Waals surface area contributed by atoms with E-state index in [4.69, 9.17) is 11.6 Å². The summed E-state index contributed by atoms with van der Waals surface area (Å²) in [5.74, 6) is -0.102. The highest BCUT2D eigenvalue weighted by Crippen LogP contribution is 2.12. The molecule has 0 saturated heterocycles. The first-order chi connectivity index (χ1) is 10.5. The molecule has 120 valence electrons. The lowest BCUT2D eigenvalue weighted by Gasteiger charge is -2.12. The van der Waals surface area contributed by atoms with Crippen molar-refractivity contribution in [2.24, 2.45) is 5.92 Å². The monoisotopic (exact) mass is 387 g/mol. The molecule has 2 heterocycles. The van der Waals surface area contributed by atoms with Crippen molar-refractivity contribution in [2.75, 3.05) is 6.54 Å². The Labute approximate surface area is 143 Å². The molecular formula is C14H19BrClN5O. The van der Waals surface area contributed by atoms with Crippen LogP contribution in [0.4, 0.5) is 0 Å². The fourth-order valence-corrected chi connectivity index (χ4v) is 2.52. The Bertz CT molecular complexity index is 619. The van der Waals surface area contributed by atoms with Crippen LogP contribution in [0.2, 0.25) is 5.02 Å². The standard InChI is InChI=1S/C14H19BrClN5O/c1-10(7-21-8-12(15)6-18-21)14(22)17-4-3-5-20-9-13(16)11(2)19-20/h6,8-10H,3-5,7H2,1-2H3,(H,17,22). The second kappa shape index (κ2) is 7.78. The molecule has 0 radical (unpaired) electrons. The molecule has 8 heteroatoms. The minimum atomic E-state index is -0.131. The van der Waals surface area contributed by atoms with Crippen molar-refractivity contribution < 1.29 is 4.79 Å². The fourth-order valence-electron chi connectivity index (χ4n) is 2.04. The summed E-state index contributed by atoms with van der Waals surface area (Å²) in [7, 11) is 0. The number of amides is 1. The summed E-state index contributed by atoms with van der Waals surface area (Å²) in [6, 6.07) is 0. The van der Waals surface area contributed by atoms with Gasteiger partial charge in [-0.2, -0.15) is 10.2 Å². The van der Waals surface area contributed by atoms with E-state index in [9.17, 15) is 4.79 Å². The number of carbonyl (C=O) groups is 1. The van der Waals surface area contributed by atoms with Crippen LogP contribution < -0.4 is 5.32 Å². The average molecular weight is 389 g/mol. The number of rotatable bonds is 7. The van der Waals surface area contributed by atoms with Crippen LogP contribution in [-0.2, 0) is 17.9 Å². The molecule has 1 atom stereocenters. The van der Waals surface area contributed by atoms with Gasteiger partial charge in [-0.05, 0) is 29.3 Å². The van der Waals surface area contributed by atoms with E-state index < -0.39 is 0 Å². The summed E-state index contributed by atoms with van der Waals surface area (Å²) in [5.41, 5.74) is 0.824. The highest BCUT2D eigenvalue weighted by atomic mass is 79.9. The van der Waals surface area contributed by atoms with E-state index in [-0.39, 0.29) is 11.8 Å². The van der Waals surface area contributed by atoms with Crippen molar-refractivity contribution in [3.8, 4) is 0 Å². The summed E-state index contributed by atoms with van der Waals surface area (Å²) in [6.45, 7) is 5.67. The molecule has 2 aromatic rings. The molecule has 0 aliphatic rings. The zero-order valence-electron chi connectivity index (χ0n) is 12.6. The van der Waals surface area contributed by atoms with Gasteiger partial charge in [0.1, 0.15) is 0 Å². The van der Waals surface area contributed by atoms with E-state index in [1.807, 2.05) is 20.0 Å². The van der Waals surface area contributed by atoms with Crippen LogP contribution in [0.1, 0.15) is 19.0 Å². The molecule has 0 bridgehead atoms. The lowest BCUT2D eigenvalue weighted by Crippen LogP contribution is -2.32. The third kappa shape index (κ3) is 4.84. The molecule has 2 aromatic heterocycles. The highest BCUT2D eigenvalue weighted by molar-refractivity contribution is 9.10. The Balaban J connectivity index is 1.68. The topological polar surface area (TPSA) is 64.7 Å². The second-order valence-electron chi connectivity index (χ2n) is 5.25. The summed E-state index contributed by atoms with van der Waals surface area (Å²) < 4.78 is 4.46. The number of aryl methyl sites for hydroxylation is 2. The van der Waals surface area contributed by atoms with Gasteiger partial charge in [-0.25, -0.2) is 0 Å². The number of halogens is 2. The third-order valence-corrected chi connectivity index (χ3v) is 4.04. The number of nitrogens with one attached hydrogen (secondary N) is 1. The number of hydrogen-bond acceptors (Lipinski definition) is 3. The van der Waals surface area contributed by atoms with Gasteiger partial charge in [0.15, 0.2) is 0 Å². The van der Waals surface area contributed by atoms with Crippen molar-refractivity contribution in [2.45, 2.75) is 33.4 Å². The van der Waals surface area contributed by atoms with E-state index in [1.165, 1.54) is 0 Å². The molecular weight excluding hydrogens is 370 g/mol. The van der Waals surface area contributed by atoms with Crippen LogP contribution in [0.3, 0.4) is 0 Å². The van der Waals surface area contributed by atoms with Crippen molar-refractivity contribution >= 4 is 33.4 Å². The Morgan fingerprint density at radius 3 is 2.82 bits per heavy atom. The Morgan fingerprint density at radius 2 is 2.23 bits per heavy atom. The fraction of sp³-hybridized carbons (Fsp3) is 0.500. The van der Waals surface area contributed by atoms with Crippen molar-refractivity contribution in [1.29, 1.82) is 0 Å². The Hall–Kier alpha value is -1.34.